The number of rotatable bonds is 8. The number of esters is 2. The molecule has 0 fully saturated rings. The smallest absolute Gasteiger partial charge is 0.343 e. The third-order valence-electron chi connectivity index (χ3n) is 6.66. The standard InChI is InChI=1S/C32H28N2O7S/c1-5-40-31(37)27-19(2)33-32-34(28(27)21-8-14-23(38-3)15-9-21)29(35)26(42-32)18-20-6-12-25(13-7-20)41-30(36)22-10-16-24(39-4)17-11-22/h6-18,28H,5H2,1-4H3/b26-18-/t28-/m1/s1. The molecule has 0 saturated carbocycles. The summed E-state index contributed by atoms with van der Waals surface area (Å²) in [4.78, 5) is 44.4. The molecule has 1 aliphatic heterocycles. The second kappa shape index (κ2) is 12.3. The van der Waals surface area contributed by atoms with Crippen molar-refractivity contribution in [3.8, 4) is 17.2 Å². The van der Waals surface area contributed by atoms with E-state index in [2.05, 4.69) is 4.99 Å². The Morgan fingerprint density at radius 2 is 1.48 bits per heavy atom. The number of hydrogen-bond donors (Lipinski definition) is 0. The zero-order valence-corrected chi connectivity index (χ0v) is 24.3. The molecular weight excluding hydrogens is 556 g/mol. The predicted molar refractivity (Wildman–Crippen MR) is 158 cm³/mol. The van der Waals surface area contributed by atoms with Crippen molar-refractivity contribution in [1.82, 2.24) is 4.57 Å². The minimum Gasteiger partial charge on any atom is -0.497 e. The number of aromatic nitrogens is 1. The Morgan fingerprint density at radius 3 is 2.07 bits per heavy atom. The van der Waals surface area contributed by atoms with Gasteiger partial charge in [-0.1, -0.05) is 35.6 Å². The summed E-state index contributed by atoms with van der Waals surface area (Å²) in [6.45, 7) is 3.67. The number of fused-ring (bicyclic) bond motifs is 1. The van der Waals surface area contributed by atoms with Gasteiger partial charge in [-0.3, -0.25) is 9.36 Å². The van der Waals surface area contributed by atoms with Crippen molar-refractivity contribution in [2.75, 3.05) is 20.8 Å². The van der Waals surface area contributed by atoms with Crippen molar-refractivity contribution >= 4 is 29.4 Å². The minimum atomic E-state index is -0.715. The van der Waals surface area contributed by atoms with Gasteiger partial charge >= 0.3 is 11.9 Å². The molecule has 0 unspecified atom stereocenters. The van der Waals surface area contributed by atoms with Crippen LogP contribution in [0.3, 0.4) is 0 Å². The SMILES string of the molecule is CCOC(=O)C1=C(C)N=c2s/c(=C\c3ccc(OC(=O)c4ccc(OC)cc4)cc3)c(=O)n2[C@@H]1c1ccc(OC)cc1. The first-order valence-electron chi connectivity index (χ1n) is 13.1. The first-order chi connectivity index (χ1) is 20.3. The molecule has 0 bridgehead atoms. The molecular formula is C32H28N2O7S. The molecule has 10 heteroatoms. The molecule has 0 spiro atoms. The molecule has 1 atom stereocenters. The lowest BCUT2D eigenvalue weighted by atomic mass is 9.96. The number of carbonyl (C=O) groups excluding carboxylic acids is 2. The lowest BCUT2D eigenvalue weighted by Crippen LogP contribution is -2.39. The van der Waals surface area contributed by atoms with E-state index in [1.165, 1.54) is 15.9 Å². The van der Waals surface area contributed by atoms with Crippen LogP contribution < -0.4 is 29.1 Å². The summed E-state index contributed by atoms with van der Waals surface area (Å²) in [5, 5.41) is 0. The van der Waals surface area contributed by atoms with E-state index < -0.39 is 18.0 Å². The van der Waals surface area contributed by atoms with Gasteiger partial charge in [0.2, 0.25) is 0 Å². The number of thiazole rings is 1. The van der Waals surface area contributed by atoms with Gasteiger partial charge in [0.25, 0.3) is 5.56 Å². The van der Waals surface area contributed by atoms with E-state index in [1.807, 2.05) is 12.1 Å². The van der Waals surface area contributed by atoms with Gasteiger partial charge < -0.3 is 18.9 Å². The van der Waals surface area contributed by atoms with Gasteiger partial charge in [-0.05, 0) is 79.6 Å². The van der Waals surface area contributed by atoms with Crippen LogP contribution >= 0.6 is 11.3 Å². The number of ether oxygens (including phenoxy) is 4. The van der Waals surface area contributed by atoms with E-state index in [9.17, 15) is 14.4 Å². The number of allylic oxidation sites excluding steroid dienone is 1. The summed E-state index contributed by atoms with van der Waals surface area (Å²) in [5.74, 6) is 0.647. The number of carbonyl (C=O) groups is 2. The molecule has 214 valence electrons. The predicted octanol–water partition coefficient (Wildman–Crippen LogP) is 4.03. The molecule has 0 saturated heterocycles. The Hall–Kier alpha value is -4.96. The molecule has 0 amide bonds. The molecule has 0 radical (unpaired) electrons. The molecule has 5 rings (SSSR count). The fourth-order valence-electron chi connectivity index (χ4n) is 4.57. The summed E-state index contributed by atoms with van der Waals surface area (Å²) in [6, 6.07) is 20.0. The van der Waals surface area contributed by atoms with Crippen molar-refractivity contribution in [2.45, 2.75) is 19.9 Å². The van der Waals surface area contributed by atoms with Gasteiger partial charge in [-0.2, -0.15) is 0 Å². The molecule has 42 heavy (non-hydrogen) atoms. The fourth-order valence-corrected chi connectivity index (χ4v) is 5.62. The summed E-state index contributed by atoms with van der Waals surface area (Å²) in [6.07, 6.45) is 1.74. The lowest BCUT2D eigenvalue weighted by molar-refractivity contribution is -0.139. The van der Waals surface area contributed by atoms with Crippen molar-refractivity contribution in [2.24, 2.45) is 4.99 Å². The van der Waals surface area contributed by atoms with E-state index in [0.717, 1.165) is 11.1 Å². The van der Waals surface area contributed by atoms with E-state index >= 15 is 0 Å². The summed E-state index contributed by atoms with van der Waals surface area (Å²) in [5.41, 5.74) is 2.36. The Morgan fingerprint density at radius 1 is 0.881 bits per heavy atom. The third kappa shape index (κ3) is 5.75. The highest BCUT2D eigenvalue weighted by Crippen LogP contribution is 2.31. The van der Waals surface area contributed by atoms with Crippen molar-refractivity contribution in [3.05, 3.63) is 120 Å². The van der Waals surface area contributed by atoms with Crippen LogP contribution in [0.25, 0.3) is 6.08 Å². The van der Waals surface area contributed by atoms with E-state index in [0.29, 0.717) is 43.4 Å². The van der Waals surface area contributed by atoms with E-state index in [1.54, 1.807) is 94.8 Å². The molecule has 0 aliphatic carbocycles. The van der Waals surface area contributed by atoms with E-state index in [4.69, 9.17) is 18.9 Å². The first-order valence-corrected chi connectivity index (χ1v) is 13.9. The van der Waals surface area contributed by atoms with Crippen LogP contribution in [0, 0.1) is 0 Å². The van der Waals surface area contributed by atoms with Crippen LogP contribution in [0.1, 0.15) is 41.4 Å². The molecule has 3 aromatic carbocycles. The maximum atomic E-state index is 13.8. The number of methoxy groups -OCH3 is 2. The van der Waals surface area contributed by atoms with Gasteiger partial charge in [-0.15, -0.1) is 0 Å². The van der Waals surface area contributed by atoms with Gasteiger partial charge in [-0.25, -0.2) is 14.6 Å². The van der Waals surface area contributed by atoms with Crippen molar-refractivity contribution in [3.63, 3.8) is 0 Å². The topological polar surface area (TPSA) is 105 Å². The molecule has 1 aliphatic rings. The Labute approximate surface area is 245 Å². The van der Waals surface area contributed by atoms with Crippen LogP contribution in [0.4, 0.5) is 0 Å². The average molecular weight is 585 g/mol. The number of benzene rings is 3. The fraction of sp³-hybridized carbons (Fsp3) is 0.188. The Kier molecular flexibility index (Phi) is 8.35. The minimum absolute atomic E-state index is 0.195. The lowest BCUT2D eigenvalue weighted by Gasteiger charge is -2.24. The highest BCUT2D eigenvalue weighted by molar-refractivity contribution is 7.07. The number of hydrogen-bond acceptors (Lipinski definition) is 9. The van der Waals surface area contributed by atoms with Crippen molar-refractivity contribution in [1.29, 1.82) is 0 Å². The molecule has 4 aromatic rings. The molecule has 9 nitrogen and oxygen atoms in total. The third-order valence-corrected chi connectivity index (χ3v) is 7.65. The monoisotopic (exact) mass is 584 g/mol. The first kappa shape index (κ1) is 28.6. The van der Waals surface area contributed by atoms with Crippen LogP contribution in [0.5, 0.6) is 17.2 Å². The van der Waals surface area contributed by atoms with Crippen LogP contribution in [-0.2, 0) is 9.53 Å². The quantitative estimate of drug-likeness (QED) is 0.227. The molecule has 2 heterocycles. The summed E-state index contributed by atoms with van der Waals surface area (Å²) in [7, 11) is 3.13. The highest BCUT2D eigenvalue weighted by Gasteiger charge is 2.33. The van der Waals surface area contributed by atoms with E-state index in [-0.39, 0.29) is 12.2 Å². The van der Waals surface area contributed by atoms with Gasteiger partial charge in [0.15, 0.2) is 4.80 Å². The Balaban J connectivity index is 1.48. The normalized spacial score (nSPS) is 14.6. The van der Waals surface area contributed by atoms with Gasteiger partial charge in [0, 0.05) is 0 Å². The summed E-state index contributed by atoms with van der Waals surface area (Å²) >= 11 is 1.23. The Bertz CT molecular complexity index is 1840. The number of nitrogens with zero attached hydrogens (tertiary/aromatic N) is 2. The van der Waals surface area contributed by atoms with Crippen molar-refractivity contribution < 1.29 is 28.5 Å². The van der Waals surface area contributed by atoms with Crippen LogP contribution in [0.2, 0.25) is 0 Å². The zero-order chi connectivity index (χ0) is 29.8. The summed E-state index contributed by atoms with van der Waals surface area (Å²) < 4.78 is 23.2. The van der Waals surface area contributed by atoms with Gasteiger partial charge in [0.05, 0.1) is 48.2 Å². The van der Waals surface area contributed by atoms with Gasteiger partial charge in [0.1, 0.15) is 17.2 Å². The molecule has 1 aromatic heterocycles. The van der Waals surface area contributed by atoms with Crippen LogP contribution in [0.15, 0.2) is 93.9 Å². The zero-order valence-electron chi connectivity index (χ0n) is 23.5. The second-order valence-corrected chi connectivity index (χ2v) is 10.3. The van der Waals surface area contributed by atoms with Crippen LogP contribution in [-0.4, -0.2) is 37.3 Å². The molecule has 0 N–H and O–H groups in total. The largest absolute Gasteiger partial charge is 0.497 e. The second-order valence-electron chi connectivity index (χ2n) is 9.26. The average Bonchev–Trinajstić information content (AvgIpc) is 3.31. The maximum Gasteiger partial charge on any atom is 0.343 e. The highest BCUT2D eigenvalue weighted by atomic mass is 32.1. The maximum absolute atomic E-state index is 13.8.